The maximum absolute atomic E-state index is 11.7. The summed E-state index contributed by atoms with van der Waals surface area (Å²) in [5.41, 5.74) is 1.15. The van der Waals surface area contributed by atoms with E-state index >= 15 is 0 Å². The van der Waals surface area contributed by atoms with E-state index in [1.165, 1.54) is 0 Å². The highest BCUT2D eigenvalue weighted by atomic mass is 32.2. The molecule has 110 valence electrons. The maximum atomic E-state index is 11.7. The molecular formula is C14H26N2O2S. The summed E-state index contributed by atoms with van der Waals surface area (Å²) in [5, 5.41) is 3.43. The third-order valence-corrected chi connectivity index (χ3v) is 5.00. The van der Waals surface area contributed by atoms with Crippen molar-refractivity contribution in [2.24, 2.45) is 0 Å². The fourth-order valence-corrected chi connectivity index (χ4v) is 3.44. The molecule has 0 saturated carbocycles. The van der Waals surface area contributed by atoms with Gasteiger partial charge in [0.15, 0.2) is 9.84 Å². The fourth-order valence-electron chi connectivity index (χ4n) is 2.14. The molecule has 0 aromatic carbocycles. The summed E-state index contributed by atoms with van der Waals surface area (Å²) in [5.74, 6) is 0.510. The van der Waals surface area contributed by atoms with Crippen LogP contribution in [-0.2, 0) is 16.4 Å². The molecule has 1 heterocycles. The second kappa shape index (κ2) is 7.70. The van der Waals surface area contributed by atoms with Gasteiger partial charge in [0.1, 0.15) is 0 Å². The quantitative estimate of drug-likeness (QED) is 0.758. The Morgan fingerprint density at radius 2 is 2.00 bits per heavy atom. The minimum Gasteiger partial charge on any atom is -0.349 e. The lowest BCUT2D eigenvalue weighted by molar-refractivity contribution is 0.528. The molecule has 1 aromatic rings. The first-order chi connectivity index (χ1) is 9.00. The van der Waals surface area contributed by atoms with E-state index in [9.17, 15) is 8.42 Å². The zero-order chi connectivity index (χ0) is 14.3. The Balaban J connectivity index is 2.63. The minimum absolute atomic E-state index is 0.225. The SMILES string of the molecule is CCCNC(C)c1cccn1CCS(=O)(=O)CCC. The smallest absolute Gasteiger partial charge is 0.152 e. The molecule has 1 N–H and O–H groups in total. The third-order valence-electron chi connectivity index (χ3n) is 3.17. The first-order valence-corrected chi connectivity index (χ1v) is 8.91. The van der Waals surface area contributed by atoms with Gasteiger partial charge >= 0.3 is 0 Å². The molecular weight excluding hydrogens is 260 g/mol. The summed E-state index contributed by atoms with van der Waals surface area (Å²) in [7, 11) is -2.91. The van der Waals surface area contributed by atoms with Crippen LogP contribution in [0.2, 0.25) is 0 Å². The van der Waals surface area contributed by atoms with Gasteiger partial charge in [-0.05, 0) is 38.4 Å². The van der Waals surface area contributed by atoms with Crippen molar-refractivity contribution in [3.8, 4) is 0 Å². The molecule has 0 aliphatic carbocycles. The zero-order valence-corrected chi connectivity index (χ0v) is 13.0. The van der Waals surface area contributed by atoms with Gasteiger partial charge in [0.25, 0.3) is 0 Å². The largest absolute Gasteiger partial charge is 0.349 e. The van der Waals surface area contributed by atoms with E-state index in [1.807, 2.05) is 23.8 Å². The maximum Gasteiger partial charge on any atom is 0.152 e. The number of rotatable bonds is 9. The molecule has 0 saturated heterocycles. The molecule has 0 aliphatic rings. The van der Waals surface area contributed by atoms with Crippen LogP contribution in [0.4, 0.5) is 0 Å². The summed E-state index contributed by atoms with van der Waals surface area (Å²) >= 11 is 0. The molecule has 0 fully saturated rings. The van der Waals surface area contributed by atoms with Crippen molar-refractivity contribution in [2.75, 3.05) is 18.1 Å². The van der Waals surface area contributed by atoms with Crippen molar-refractivity contribution >= 4 is 9.84 Å². The number of nitrogens with zero attached hydrogens (tertiary/aromatic N) is 1. The van der Waals surface area contributed by atoms with Crippen LogP contribution >= 0.6 is 0 Å². The number of sulfone groups is 1. The number of hydrogen-bond donors (Lipinski definition) is 1. The summed E-state index contributed by atoms with van der Waals surface area (Å²) < 4.78 is 25.5. The van der Waals surface area contributed by atoms with E-state index in [0.717, 1.165) is 18.7 Å². The van der Waals surface area contributed by atoms with Crippen LogP contribution in [0.5, 0.6) is 0 Å². The Bertz CT molecular complexity index is 466. The van der Waals surface area contributed by atoms with Crippen molar-refractivity contribution in [1.29, 1.82) is 0 Å². The summed E-state index contributed by atoms with van der Waals surface area (Å²) in [6.07, 6.45) is 3.74. The Morgan fingerprint density at radius 1 is 1.26 bits per heavy atom. The van der Waals surface area contributed by atoms with Gasteiger partial charge in [0.05, 0.1) is 5.75 Å². The summed E-state index contributed by atoms with van der Waals surface area (Å²) in [6, 6.07) is 4.29. The molecule has 1 unspecified atom stereocenters. The second-order valence-corrected chi connectivity index (χ2v) is 7.26. The van der Waals surface area contributed by atoms with Gasteiger partial charge in [0, 0.05) is 30.2 Å². The number of aryl methyl sites for hydroxylation is 1. The van der Waals surface area contributed by atoms with Gasteiger partial charge in [-0.25, -0.2) is 8.42 Å². The van der Waals surface area contributed by atoms with Crippen LogP contribution in [0.25, 0.3) is 0 Å². The van der Waals surface area contributed by atoms with E-state index in [0.29, 0.717) is 13.0 Å². The molecule has 0 amide bonds. The summed E-state index contributed by atoms with van der Waals surface area (Å²) in [6.45, 7) is 7.66. The zero-order valence-electron chi connectivity index (χ0n) is 12.2. The van der Waals surface area contributed by atoms with E-state index in [4.69, 9.17) is 0 Å². The molecule has 19 heavy (non-hydrogen) atoms. The van der Waals surface area contributed by atoms with Crippen LogP contribution in [0, 0.1) is 0 Å². The average Bonchev–Trinajstić information content (AvgIpc) is 2.82. The van der Waals surface area contributed by atoms with Crippen molar-refractivity contribution in [3.05, 3.63) is 24.0 Å². The first-order valence-electron chi connectivity index (χ1n) is 7.09. The average molecular weight is 286 g/mol. The Morgan fingerprint density at radius 3 is 2.63 bits per heavy atom. The van der Waals surface area contributed by atoms with Crippen LogP contribution < -0.4 is 5.32 Å². The van der Waals surface area contributed by atoms with Crippen molar-refractivity contribution in [3.63, 3.8) is 0 Å². The minimum atomic E-state index is -2.91. The monoisotopic (exact) mass is 286 g/mol. The van der Waals surface area contributed by atoms with Gasteiger partial charge in [-0.15, -0.1) is 0 Å². The topological polar surface area (TPSA) is 51.1 Å². The van der Waals surface area contributed by atoms with Crippen LogP contribution in [0.15, 0.2) is 18.3 Å². The van der Waals surface area contributed by atoms with Crippen LogP contribution in [-0.4, -0.2) is 31.0 Å². The van der Waals surface area contributed by atoms with Gasteiger partial charge in [-0.1, -0.05) is 13.8 Å². The van der Waals surface area contributed by atoms with Crippen molar-refractivity contribution in [2.45, 2.75) is 46.2 Å². The standard InChI is InChI=1S/C14H26N2O2S/c1-4-8-15-13(3)14-7-6-9-16(14)10-12-19(17,18)11-5-2/h6-7,9,13,15H,4-5,8,10-12H2,1-3H3. The normalized spacial score (nSPS) is 13.6. The van der Waals surface area contributed by atoms with Crippen LogP contribution in [0.1, 0.15) is 45.3 Å². The molecule has 1 rings (SSSR count). The van der Waals surface area contributed by atoms with Crippen molar-refractivity contribution in [1.82, 2.24) is 9.88 Å². The molecule has 0 bridgehead atoms. The van der Waals surface area contributed by atoms with Gasteiger partial charge < -0.3 is 9.88 Å². The molecule has 5 heteroatoms. The van der Waals surface area contributed by atoms with E-state index in [2.05, 4.69) is 25.2 Å². The van der Waals surface area contributed by atoms with E-state index in [1.54, 1.807) is 0 Å². The van der Waals surface area contributed by atoms with E-state index < -0.39 is 9.84 Å². The number of nitrogens with one attached hydrogen (secondary N) is 1. The molecule has 0 aliphatic heterocycles. The van der Waals surface area contributed by atoms with Gasteiger partial charge in [0.2, 0.25) is 0 Å². The predicted octanol–water partition coefficient (Wildman–Crippen LogP) is 2.37. The Hall–Kier alpha value is -0.810. The Kier molecular flexibility index (Phi) is 6.58. The highest BCUT2D eigenvalue weighted by Gasteiger charge is 2.13. The lowest BCUT2D eigenvalue weighted by atomic mass is 10.2. The fraction of sp³-hybridized carbons (Fsp3) is 0.714. The van der Waals surface area contributed by atoms with Gasteiger partial charge in [-0.2, -0.15) is 0 Å². The Labute approximate surface area is 117 Å². The lowest BCUT2D eigenvalue weighted by Gasteiger charge is -2.17. The summed E-state index contributed by atoms with van der Waals surface area (Å²) in [4.78, 5) is 0. The highest BCUT2D eigenvalue weighted by molar-refractivity contribution is 7.91. The van der Waals surface area contributed by atoms with Crippen molar-refractivity contribution < 1.29 is 8.42 Å². The molecule has 4 nitrogen and oxygen atoms in total. The van der Waals surface area contributed by atoms with E-state index in [-0.39, 0.29) is 17.5 Å². The number of hydrogen-bond acceptors (Lipinski definition) is 3. The predicted molar refractivity (Wildman–Crippen MR) is 80.1 cm³/mol. The molecule has 0 radical (unpaired) electrons. The molecule has 0 spiro atoms. The second-order valence-electron chi connectivity index (χ2n) is 4.95. The number of aromatic nitrogens is 1. The van der Waals surface area contributed by atoms with Crippen LogP contribution in [0.3, 0.4) is 0 Å². The molecule has 1 aromatic heterocycles. The van der Waals surface area contributed by atoms with Gasteiger partial charge in [-0.3, -0.25) is 0 Å². The molecule has 1 atom stereocenters. The lowest BCUT2D eigenvalue weighted by Crippen LogP contribution is -2.23. The highest BCUT2D eigenvalue weighted by Crippen LogP contribution is 2.13. The first kappa shape index (κ1) is 16.2. The third kappa shape index (κ3) is 5.37.